The molecule has 20 heavy (non-hydrogen) atoms. The summed E-state index contributed by atoms with van der Waals surface area (Å²) in [6.45, 7) is 0.597. The van der Waals surface area contributed by atoms with E-state index in [1.807, 2.05) is 0 Å². The third kappa shape index (κ3) is 2.74. The number of allylic oxidation sites excluding steroid dienone is 3. The van der Waals surface area contributed by atoms with Crippen LogP contribution in [-0.2, 0) is 19.6 Å². The second-order valence-electron chi connectivity index (χ2n) is 4.61. The Morgan fingerprint density at radius 2 is 2.20 bits per heavy atom. The molecule has 9 heteroatoms. The number of nitrogens with one attached hydrogen (secondary N) is 1. The van der Waals surface area contributed by atoms with Crippen LogP contribution in [0.15, 0.2) is 22.9 Å². The van der Waals surface area contributed by atoms with Crippen LogP contribution in [0, 0.1) is 0 Å². The minimum Gasteiger partial charge on any atom is -0.479 e. The van der Waals surface area contributed by atoms with Gasteiger partial charge < -0.3 is 9.84 Å². The summed E-state index contributed by atoms with van der Waals surface area (Å²) in [7, 11) is -4.08. The van der Waals surface area contributed by atoms with Crippen molar-refractivity contribution in [2.24, 2.45) is 0 Å². The molecular weight excluding hydrogens is 296 g/mol. The first-order valence-corrected chi connectivity index (χ1v) is 7.33. The van der Waals surface area contributed by atoms with Gasteiger partial charge in [-0.15, -0.1) is 0 Å². The fourth-order valence-electron chi connectivity index (χ4n) is 1.97. The van der Waals surface area contributed by atoms with Crippen molar-refractivity contribution in [3.8, 4) is 0 Å². The predicted molar refractivity (Wildman–Crippen MR) is 64.6 cm³/mol. The third-order valence-electron chi connectivity index (χ3n) is 3.15. The van der Waals surface area contributed by atoms with Crippen molar-refractivity contribution in [2.45, 2.75) is 24.6 Å². The van der Waals surface area contributed by atoms with Gasteiger partial charge in [0.15, 0.2) is 0 Å². The SMILES string of the molecule is O=C(O)C1(F)CC(S(=O)(=O)N[C@H]2CCOC2)=CC=C1F. The number of sulfonamides is 1. The van der Waals surface area contributed by atoms with Crippen LogP contribution in [0.3, 0.4) is 0 Å². The maximum Gasteiger partial charge on any atom is 0.349 e. The number of alkyl halides is 1. The van der Waals surface area contributed by atoms with Crippen LogP contribution in [0.5, 0.6) is 0 Å². The molecule has 0 spiro atoms. The van der Waals surface area contributed by atoms with Crippen molar-refractivity contribution in [2.75, 3.05) is 13.2 Å². The van der Waals surface area contributed by atoms with Gasteiger partial charge in [-0.2, -0.15) is 0 Å². The summed E-state index contributed by atoms with van der Waals surface area (Å²) in [5.74, 6) is -3.58. The van der Waals surface area contributed by atoms with Crippen LogP contribution < -0.4 is 4.72 Å². The van der Waals surface area contributed by atoms with E-state index in [9.17, 15) is 22.0 Å². The van der Waals surface area contributed by atoms with Crippen LogP contribution in [0.2, 0.25) is 0 Å². The molecule has 1 heterocycles. The van der Waals surface area contributed by atoms with Crippen LogP contribution in [0.25, 0.3) is 0 Å². The van der Waals surface area contributed by atoms with Crippen molar-refractivity contribution >= 4 is 16.0 Å². The summed E-state index contributed by atoms with van der Waals surface area (Å²) >= 11 is 0. The lowest BCUT2D eigenvalue weighted by molar-refractivity contribution is -0.149. The Morgan fingerprint density at radius 1 is 1.50 bits per heavy atom. The van der Waals surface area contributed by atoms with E-state index in [4.69, 9.17) is 9.84 Å². The molecular formula is C11H13F2NO5S. The van der Waals surface area contributed by atoms with Crippen LogP contribution in [-0.4, -0.2) is 44.4 Å². The molecule has 1 fully saturated rings. The maximum atomic E-state index is 14.0. The van der Waals surface area contributed by atoms with Crippen molar-refractivity contribution in [1.29, 1.82) is 0 Å². The van der Waals surface area contributed by atoms with Gasteiger partial charge in [-0.05, 0) is 18.6 Å². The fraction of sp³-hybridized carbons (Fsp3) is 0.545. The number of hydrogen-bond acceptors (Lipinski definition) is 4. The van der Waals surface area contributed by atoms with E-state index in [0.29, 0.717) is 19.1 Å². The van der Waals surface area contributed by atoms with Crippen molar-refractivity contribution in [1.82, 2.24) is 4.72 Å². The first-order chi connectivity index (χ1) is 9.25. The summed E-state index contributed by atoms with van der Waals surface area (Å²) in [6, 6.07) is -0.449. The number of halogens is 2. The summed E-state index contributed by atoms with van der Waals surface area (Å²) in [5, 5.41) is 8.72. The normalized spacial score (nSPS) is 30.8. The number of carbonyl (C=O) groups is 1. The first-order valence-electron chi connectivity index (χ1n) is 5.85. The number of aliphatic carboxylic acids is 1. The molecule has 1 saturated heterocycles. The monoisotopic (exact) mass is 309 g/mol. The third-order valence-corrected chi connectivity index (χ3v) is 4.76. The molecule has 112 valence electrons. The summed E-state index contributed by atoms with van der Waals surface area (Å²) in [6.07, 6.45) is 0.787. The number of hydrogen-bond donors (Lipinski definition) is 2. The highest BCUT2D eigenvalue weighted by Gasteiger charge is 2.48. The van der Waals surface area contributed by atoms with E-state index >= 15 is 0 Å². The standard InChI is InChI=1S/C11H13F2NO5S/c12-9-2-1-8(5-11(9,13)10(15)16)20(17,18)14-7-3-4-19-6-7/h1-2,7,14H,3-6H2,(H,15,16)/t7-,11?/m0/s1. The maximum absolute atomic E-state index is 14.0. The molecule has 6 nitrogen and oxygen atoms in total. The van der Waals surface area contributed by atoms with Gasteiger partial charge >= 0.3 is 5.97 Å². The highest BCUT2D eigenvalue weighted by atomic mass is 32.2. The molecule has 2 N–H and O–H groups in total. The molecule has 0 aromatic rings. The lowest BCUT2D eigenvalue weighted by Crippen LogP contribution is -2.41. The summed E-state index contributed by atoms with van der Waals surface area (Å²) in [5.41, 5.74) is -3.34. The molecule has 0 aromatic carbocycles. The first kappa shape index (κ1) is 15.1. The Balaban J connectivity index is 2.22. The zero-order chi connectivity index (χ0) is 15.0. The second-order valence-corrected chi connectivity index (χ2v) is 6.38. The van der Waals surface area contributed by atoms with Gasteiger partial charge in [0.2, 0.25) is 10.0 Å². The minimum atomic E-state index is -4.08. The highest BCUT2D eigenvalue weighted by molar-refractivity contribution is 7.93. The van der Waals surface area contributed by atoms with Crippen LogP contribution >= 0.6 is 0 Å². The van der Waals surface area contributed by atoms with Gasteiger partial charge in [0, 0.05) is 19.1 Å². The zero-order valence-electron chi connectivity index (χ0n) is 10.3. The molecule has 2 rings (SSSR count). The smallest absolute Gasteiger partial charge is 0.349 e. The molecule has 0 amide bonds. The van der Waals surface area contributed by atoms with E-state index in [1.165, 1.54) is 0 Å². The number of ether oxygens (including phenoxy) is 1. The Kier molecular flexibility index (Phi) is 3.94. The molecule has 1 unspecified atom stereocenters. The van der Waals surface area contributed by atoms with E-state index < -0.39 is 44.9 Å². The summed E-state index contributed by atoms with van der Waals surface area (Å²) in [4.78, 5) is 10.3. The van der Waals surface area contributed by atoms with Crippen molar-refractivity contribution in [3.05, 3.63) is 22.9 Å². The molecule has 1 aliphatic carbocycles. The van der Waals surface area contributed by atoms with Gasteiger partial charge in [0.1, 0.15) is 5.83 Å². The lowest BCUT2D eigenvalue weighted by Gasteiger charge is -2.24. The molecule has 0 radical (unpaired) electrons. The van der Waals surface area contributed by atoms with Gasteiger partial charge in [-0.25, -0.2) is 26.7 Å². The van der Waals surface area contributed by atoms with Gasteiger partial charge in [0.05, 0.1) is 11.5 Å². The highest BCUT2D eigenvalue weighted by Crippen LogP contribution is 2.36. The fourth-order valence-corrected chi connectivity index (χ4v) is 3.38. The predicted octanol–water partition coefficient (Wildman–Crippen LogP) is 0.629. The van der Waals surface area contributed by atoms with Crippen molar-refractivity contribution < 1.29 is 31.8 Å². The average molecular weight is 309 g/mol. The number of carboxylic acids is 1. The Morgan fingerprint density at radius 3 is 2.75 bits per heavy atom. The Bertz CT molecular complexity index is 580. The molecule has 2 aliphatic rings. The van der Waals surface area contributed by atoms with Gasteiger partial charge in [0.25, 0.3) is 5.67 Å². The molecule has 0 bridgehead atoms. The number of rotatable bonds is 4. The van der Waals surface area contributed by atoms with E-state index in [0.717, 1.165) is 6.08 Å². The quantitative estimate of drug-likeness (QED) is 0.794. The largest absolute Gasteiger partial charge is 0.479 e. The number of carboxylic acid groups (broad SMARTS) is 1. The zero-order valence-corrected chi connectivity index (χ0v) is 11.1. The lowest BCUT2D eigenvalue weighted by atomic mass is 9.96. The van der Waals surface area contributed by atoms with Crippen LogP contribution in [0.1, 0.15) is 12.8 Å². The summed E-state index contributed by atoms with van der Waals surface area (Å²) < 4.78 is 58.6. The molecule has 0 aromatic heterocycles. The minimum absolute atomic E-state index is 0.191. The van der Waals surface area contributed by atoms with Crippen molar-refractivity contribution in [3.63, 3.8) is 0 Å². The van der Waals surface area contributed by atoms with Gasteiger partial charge in [-0.1, -0.05) is 0 Å². The average Bonchev–Trinajstić information content (AvgIpc) is 2.84. The van der Waals surface area contributed by atoms with Gasteiger partial charge in [-0.3, -0.25) is 0 Å². The topological polar surface area (TPSA) is 92.7 Å². The van der Waals surface area contributed by atoms with Crippen LogP contribution in [0.4, 0.5) is 8.78 Å². The molecule has 2 atom stereocenters. The second kappa shape index (κ2) is 5.23. The Labute approximate surface area is 114 Å². The molecule has 0 saturated carbocycles. The van der Waals surface area contributed by atoms with E-state index in [1.54, 1.807) is 0 Å². The van der Waals surface area contributed by atoms with E-state index in [2.05, 4.69) is 4.72 Å². The molecule has 1 aliphatic heterocycles. The Hall–Kier alpha value is -1.32. The van der Waals surface area contributed by atoms with E-state index in [-0.39, 0.29) is 6.61 Å².